The molecule has 0 aliphatic heterocycles. The number of amides is 1. The van der Waals surface area contributed by atoms with Gasteiger partial charge in [-0.2, -0.15) is 5.10 Å². The zero-order valence-corrected chi connectivity index (χ0v) is 14.9. The Hall–Kier alpha value is -2.41. The number of rotatable bonds is 3. The Morgan fingerprint density at radius 1 is 1.16 bits per heavy atom. The number of nitrogens with one attached hydrogen (secondary N) is 1. The molecule has 0 aliphatic carbocycles. The number of aromatic nitrogens is 3. The Morgan fingerprint density at radius 3 is 2.80 bits per heavy atom. The lowest BCUT2D eigenvalue weighted by atomic mass is 10.2. The molecule has 1 N–H and O–H groups in total. The molecule has 0 unspecified atom stereocenters. The number of thiophene rings is 1. The van der Waals surface area contributed by atoms with Gasteiger partial charge < -0.3 is 5.32 Å². The summed E-state index contributed by atoms with van der Waals surface area (Å²) in [5, 5.41) is 9.90. The van der Waals surface area contributed by atoms with Crippen LogP contribution in [0.2, 0.25) is 10.0 Å². The molecule has 3 aromatic heterocycles. The second-order valence-corrected chi connectivity index (χ2v) is 6.95. The number of hydrogen-bond acceptors (Lipinski definition) is 4. The fourth-order valence-corrected chi connectivity index (χ4v) is 3.47. The summed E-state index contributed by atoms with van der Waals surface area (Å²) in [6, 6.07) is 10.7. The van der Waals surface area contributed by atoms with Crippen LogP contribution in [0, 0.1) is 0 Å². The highest BCUT2D eigenvalue weighted by Gasteiger charge is 2.17. The number of hydrogen-bond donors (Lipinski definition) is 1. The summed E-state index contributed by atoms with van der Waals surface area (Å²) >= 11 is 13.5. The van der Waals surface area contributed by atoms with E-state index in [-0.39, 0.29) is 5.91 Å². The first kappa shape index (κ1) is 16.1. The van der Waals surface area contributed by atoms with Crippen molar-refractivity contribution in [2.75, 3.05) is 5.32 Å². The van der Waals surface area contributed by atoms with Crippen LogP contribution in [0.1, 0.15) is 10.4 Å². The molecule has 4 aromatic rings. The van der Waals surface area contributed by atoms with E-state index in [0.29, 0.717) is 26.9 Å². The maximum absolute atomic E-state index is 12.6. The summed E-state index contributed by atoms with van der Waals surface area (Å²) in [4.78, 5) is 18.0. The number of fused-ring (bicyclic) bond motifs is 1. The van der Waals surface area contributed by atoms with Gasteiger partial charge in [0, 0.05) is 11.9 Å². The van der Waals surface area contributed by atoms with Crippen molar-refractivity contribution in [3.8, 4) is 10.6 Å². The maximum atomic E-state index is 12.6. The van der Waals surface area contributed by atoms with E-state index in [1.54, 1.807) is 40.2 Å². The van der Waals surface area contributed by atoms with Gasteiger partial charge in [0.15, 0.2) is 5.65 Å². The van der Waals surface area contributed by atoms with E-state index in [0.717, 1.165) is 10.6 Å². The lowest BCUT2D eigenvalue weighted by Crippen LogP contribution is -2.12. The molecule has 1 amide bonds. The quantitative estimate of drug-likeness (QED) is 0.536. The van der Waals surface area contributed by atoms with Gasteiger partial charge in [-0.3, -0.25) is 4.79 Å². The molecular formula is C17H10Cl2N4OS. The van der Waals surface area contributed by atoms with Crippen molar-refractivity contribution >= 4 is 51.8 Å². The van der Waals surface area contributed by atoms with Crippen molar-refractivity contribution in [3.63, 3.8) is 0 Å². The van der Waals surface area contributed by atoms with Crippen LogP contribution in [0.3, 0.4) is 0 Å². The number of carbonyl (C=O) groups is 1. The maximum Gasteiger partial charge on any atom is 0.261 e. The van der Waals surface area contributed by atoms with Gasteiger partial charge in [0.05, 0.1) is 26.8 Å². The summed E-state index contributed by atoms with van der Waals surface area (Å²) in [6.07, 6.45) is 3.17. The molecule has 0 radical (unpaired) electrons. The second-order valence-electron chi connectivity index (χ2n) is 5.18. The number of carbonyl (C=O) groups excluding carboxylic acids is 1. The molecule has 3 heterocycles. The zero-order valence-electron chi connectivity index (χ0n) is 12.6. The van der Waals surface area contributed by atoms with Crippen molar-refractivity contribution in [1.82, 2.24) is 14.6 Å². The topological polar surface area (TPSA) is 59.3 Å². The van der Waals surface area contributed by atoms with Gasteiger partial charge in [-0.25, -0.2) is 9.50 Å². The fourth-order valence-electron chi connectivity index (χ4n) is 2.43. The standard InChI is InChI=1S/C17H10Cl2N4OS/c18-12-4-3-10(8-13(12)19)22-17(24)11-9-21-23-14(5-6-20-16(11)23)15-2-1-7-25-15/h1-9H,(H,22,24). The van der Waals surface area contributed by atoms with Crippen molar-refractivity contribution in [2.45, 2.75) is 0 Å². The van der Waals surface area contributed by atoms with Crippen LogP contribution in [-0.2, 0) is 0 Å². The minimum Gasteiger partial charge on any atom is -0.322 e. The Balaban J connectivity index is 1.71. The average molecular weight is 389 g/mol. The molecule has 5 nitrogen and oxygen atoms in total. The summed E-state index contributed by atoms with van der Waals surface area (Å²) in [5.41, 5.74) is 2.30. The monoisotopic (exact) mass is 388 g/mol. The van der Waals surface area contributed by atoms with E-state index in [1.807, 2.05) is 23.6 Å². The van der Waals surface area contributed by atoms with Gasteiger partial charge in [0.25, 0.3) is 5.91 Å². The first-order valence-corrected chi connectivity index (χ1v) is 8.90. The number of benzene rings is 1. The predicted octanol–water partition coefficient (Wildman–Crippen LogP) is 5.02. The number of halogens is 2. The third-order valence-electron chi connectivity index (χ3n) is 3.60. The summed E-state index contributed by atoms with van der Waals surface area (Å²) in [6.45, 7) is 0. The van der Waals surface area contributed by atoms with Crippen LogP contribution in [0.5, 0.6) is 0 Å². The first-order chi connectivity index (χ1) is 12.1. The highest BCUT2D eigenvalue weighted by Crippen LogP contribution is 2.27. The summed E-state index contributed by atoms with van der Waals surface area (Å²) in [7, 11) is 0. The normalized spacial score (nSPS) is 11.0. The second kappa shape index (κ2) is 6.48. The van der Waals surface area contributed by atoms with Gasteiger partial charge in [0.2, 0.25) is 0 Å². The molecule has 0 saturated carbocycles. The van der Waals surface area contributed by atoms with Crippen LogP contribution in [0.15, 0.2) is 54.2 Å². The number of anilines is 1. The van der Waals surface area contributed by atoms with E-state index >= 15 is 0 Å². The van der Waals surface area contributed by atoms with Gasteiger partial charge in [-0.15, -0.1) is 11.3 Å². The molecular weight excluding hydrogens is 379 g/mol. The highest BCUT2D eigenvalue weighted by atomic mass is 35.5. The zero-order chi connectivity index (χ0) is 17.4. The lowest BCUT2D eigenvalue weighted by molar-refractivity contribution is 0.102. The summed E-state index contributed by atoms with van der Waals surface area (Å²) < 4.78 is 1.66. The Kier molecular flexibility index (Phi) is 4.17. The smallest absolute Gasteiger partial charge is 0.261 e. The van der Waals surface area contributed by atoms with Gasteiger partial charge in [0.1, 0.15) is 5.56 Å². The van der Waals surface area contributed by atoms with Gasteiger partial charge in [-0.05, 0) is 35.7 Å². The van der Waals surface area contributed by atoms with Gasteiger partial charge in [-0.1, -0.05) is 29.3 Å². The summed E-state index contributed by atoms with van der Waals surface area (Å²) in [5.74, 6) is -0.316. The molecule has 0 bridgehead atoms. The third-order valence-corrected chi connectivity index (χ3v) is 5.23. The molecule has 0 fully saturated rings. The van der Waals surface area contributed by atoms with E-state index in [2.05, 4.69) is 15.4 Å². The predicted molar refractivity (Wildman–Crippen MR) is 101 cm³/mol. The van der Waals surface area contributed by atoms with Crippen molar-refractivity contribution in [2.24, 2.45) is 0 Å². The van der Waals surface area contributed by atoms with E-state index < -0.39 is 0 Å². The Morgan fingerprint density at radius 2 is 2.04 bits per heavy atom. The average Bonchev–Trinajstić information content (AvgIpc) is 3.27. The Labute approximate surface area is 156 Å². The highest BCUT2D eigenvalue weighted by molar-refractivity contribution is 7.13. The number of nitrogens with zero attached hydrogens (tertiary/aromatic N) is 3. The van der Waals surface area contributed by atoms with E-state index in [9.17, 15) is 4.79 Å². The van der Waals surface area contributed by atoms with Gasteiger partial charge >= 0.3 is 0 Å². The van der Waals surface area contributed by atoms with Crippen LogP contribution in [-0.4, -0.2) is 20.5 Å². The molecule has 25 heavy (non-hydrogen) atoms. The van der Waals surface area contributed by atoms with E-state index in [4.69, 9.17) is 23.2 Å². The molecule has 4 rings (SSSR count). The minimum absolute atomic E-state index is 0.316. The fraction of sp³-hybridized carbons (Fsp3) is 0. The molecule has 1 aromatic carbocycles. The van der Waals surface area contributed by atoms with Crippen LogP contribution in [0.4, 0.5) is 5.69 Å². The SMILES string of the molecule is O=C(Nc1ccc(Cl)c(Cl)c1)c1cnn2c(-c3cccs3)ccnc12. The molecule has 8 heteroatoms. The van der Waals surface area contributed by atoms with Crippen LogP contribution in [0.25, 0.3) is 16.2 Å². The van der Waals surface area contributed by atoms with Crippen LogP contribution >= 0.6 is 34.5 Å². The third kappa shape index (κ3) is 3.00. The largest absolute Gasteiger partial charge is 0.322 e. The molecule has 124 valence electrons. The molecule has 0 aliphatic rings. The molecule has 0 saturated heterocycles. The lowest BCUT2D eigenvalue weighted by Gasteiger charge is -2.06. The Bertz CT molecular complexity index is 1080. The molecule has 0 spiro atoms. The minimum atomic E-state index is -0.316. The first-order valence-electron chi connectivity index (χ1n) is 7.26. The van der Waals surface area contributed by atoms with Crippen LogP contribution < -0.4 is 5.32 Å². The van der Waals surface area contributed by atoms with E-state index in [1.165, 1.54) is 6.20 Å². The van der Waals surface area contributed by atoms with Crippen molar-refractivity contribution in [3.05, 3.63) is 69.8 Å². The van der Waals surface area contributed by atoms with Crippen molar-refractivity contribution in [1.29, 1.82) is 0 Å². The molecule has 0 atom stereocenters. The van der Waals surface area contributed by atoms with Crippen molar-refractivity contribution < 1.29 is 4.79 Å².